The first-order valence-corrected chi connectivity index (χ1v) is 9.77. The van der Waals surface area contributed by atoms with Gasteiger partial charge in [-0.05, 0) is 24.1 Å². The predicted octanol–water partition coefficient (Wildman–Crippen LogP) is 5.49. The topological polar surface area (TPSA) is 51.5 Å². The van der Waals surface area contributed by atoms with Gasteiger partial charge in [0.05, 0.1) is 12.6 Å². The average molecular weight is 385 g/mol. The maximum absolute atomic E-state index is 13.3. The standard InChI is InChI=1S/C25H23NO3/c1-2-28-17-21-20-15-9-10-16-22(20)29-24(21)25(27)26-23(18-11-5-3-6-12-18)19-13-7-4-8-14-19/h3-16,23H,2,17H2,1H3,(H,26,27). The molecule has 4 rings (SSSR count). The summed E-state index contributed by atoms with van der Waals surface area (Å²) in [5.41, 5.74) is 3.48. The van der Waals surface area contributed by atoms with Crippen molar-refractivity contribution in [3.63, 3.8) is 0 Å². The number of rotatable bonds is 7. The van der Waals surface area contributed by atoms with Gasteiger partial charge >= 0.3 is 0 Å². The van der Waals surface area contributed by atoms with E-state index in [4.69, 9.17) is 9.15 Å². The van der Waals surface area contributed by atoms with Crippen molar-refractivity contribution in [2.75, 3.05) is 6.61 Å². The van der Waals surface area contributed by atoms with Crippen LogP contribution in [-0.2, 0) is 11.3 Å². The van der Waals surface area contributed by atoms with Crippen molar-refractivity contribution in [2.45, 2.75) is 19.6 Å². The van der Waals surface area contributed by atoms with Crippen molar-refractivity contribution in [1.82, 2.24) is 5.32 Å². The SMILES string of the molecule is CCOCc1c(C(=O)NC(c2ccccc2)c2ccccc2)oc2ccccc12. The lowest BCUT2D eigenvalue weighted by Gasteiger charge is -2.19. The normalized spacial score (nSPS) is 11.1. The van der Waals surface area contributed by atoms with Crippen molar-refractivity contribution in [1.29, 1.82) is 0 Å². The van der Waals surface area contributed by atoms with Crippen molar-refractivity contribution in [3.05, 3.63) is 107 Å². The highest BCUT2D eigenvalue weighted by Gasteiger charge is 2.24. The van der Waals surface area contributed by atoms with Crippen molar-refractivity contribution >= 4 is 16.9 Å². The summed E-state index contributed by atoms with van der Waals surface area (Å²) in [5, 5.41) is 4.06. The molecule has 0 atom stereocenters. The monoisotopic (exact) mass is 385 g/mol. The number of hydrogen-bond donors (Lipinski definition) is 1. The molecule has 0 radical (unpaired) electrons. The molecule has 0 bridgehead atoms. The molecule has 1 aromatic heterocycles. The first-order chi connectivity index (χ1) is 14.3. The fourth-order valence-corrected chi connectivity index (χ4v) is 3.48. The molecule has 0 aliphatic carbocycles. The van der Waals surface area contributed by atoms with Crippen LogP contribution in [0.4, 0.5) is 0 Å². The Morgan fingerprint density at radius 1 is 0.897 bits per heavy atom. The Morgan fingerprint density at radius 2 is 1.48 bits per heavy atom. The maximum Gasteiger partial charge on any atom is 0.288 e. The minimum Gasteiger partial charge on any atom is -0.451 e. The number of benzene rings is 3. The largest absolute Gasteiger partial charge is 0.451 e. The van der Waals surface area contributed by atoms with Crippen LogP contribution in [0.3, 0.4) is 0 Å². The zero-order valence-electron chi connectivity index (χ0n) is 16.3. The van der Waals surface area contributed by atoms with Gasteiger partial charge in [0.2, 0.25) is 0 Å². The number of furan rings is 1. The number of amides is 1. The van der Waals surface area contributed by atoms with E-state index in [1.54, 1.807) is 0 Å². The number of nitrogens with one attached hydrogen (secondary N) is 1. The zero-order valence-corrected chi connectivity index (χ0v) is 16.3. The number of ether oxygens (including phenoxy) is 1. The van der Waals surface area contributed by atoms with Crippen molar-refractivity contribution < 1.29 is 13.9 Å². The van der Waals surface area contributed by atoms with Crippen LogP contribution in [-0.4, -0.2) is 12.5 Å². The van der Waals surface area contributed by atoms with E-state index in [1.165, 1.54) is 0 Å². The molecule has 146 valence electrons. The van der Waals surface area contributed by atoms with Crippen LogP contribution < -0.4 is 5.32 Å². The molecule has 0 unspecified atom stereocenters. The van der Waals surface area contributed by atoms with E-state index in [-0.39, 0.29) is 11.9 Å². The summed E-state index contributed by atoms with van der Waals surface area (Å²) >= 11 is 0. The van der Waals surface area contributed by atoms with Crippen LogP contribution in [0.5, 0.6) is 0 Å². The maximum atomic E-state index is 13.3. The predicted molar refractivity (Wildman–Crippen MR) is 114 cm³/mol. The molecule has 1 amide bonds. The van der Waals surface area contributed by atoms with E-state index in [0.29, 0.717) is 24.6 Å². The Balaban J connectivity index is 1.71. The van der Waals surface area contributed by atoms with Gasteiger partial charge in [0.25, 0.3) is 5.91 Å². The Labute approximate surface area is 170 Å². The van der Waals surface area contributed by atoms with E-state index in [2.05, 4.69) is 5.32 Å². The second-order valence-electron chi connectivity index (χ2n) is 6.77. The third-order valence-corrected chi connectivity index (χ3v) is 4.90. The number of para-hydroxylation sites is 1. The molecule has 1 heterocycles. The smallest absolute Gasteiger partial charge is 0.288 e. The van der Waals surface area contributed by atoms with Crippen molar-refractivity contribution in [3.8, 4) is 0 Å². The van der Waals surface area contributed by atoms with Gasteiger partial charge in [-0.1, -0.05) is 78.9 Å². The molecule has 1 N–H and O–H groups in total. The lowest BCUT2D eigenvalue weighted by molar-refractivity contribution is 0.0904. The molecule has 0 saturated heterocycles. The number of hydrogen-bond acceptors (Lipinski definition) is 3. The van der Waals surface area contributed by atoms with Crippen molar-refractivity contribution in [2.24, 2.45) is 0 Å². The van der Waals surface area contributed by atoms with E-state index < -0.39 is 0 Å². The van der Waals surface area contributed by atoms with Gasteiger partial charge in [0, 0.05) is 17.6 Å². The van der Waals surface area contributed by atoms with Crippen LogP contribution in [0, 0.1) is 0 Å². The summed E-state index contributed by atoms with van der Waals surface area (Å²) < 4.78 is 11.5. The second-order valence-corrected chi connectivity index (χ2v) is 6.77. The minimum atomic E-state index is -0.280. The molecule has 3 aromatic carbocycles. The molecule has 29 heavy (non-hydrogen) atoms. The Morgan fingerprint density at radius 3 is 2.10 bits per heavy atom. The van der Waals surface area contributed by atoms with Crippen LogP contribution in [0.25, 0.3) is 11.0 Å². The van der Waals surface area contributed by atoms with Gasteiger partial charge in [-0.15, -0.1) is 0 Å². The van der Waals surface area contributed by atoms with Crippen LogP contribution in [0.15, 0.2) is 89.3 Å². The Hall–Kier alpha value is -3.37. The summed E-state index contributed by atoms with van der Waals surface area (Å²) in [4.78, 5) is 13.3. The first-order valence-electron chi connectivity index (χ1n) is 9.77. The van der Waals surface area contributed by atoms with Crippen LogP contribution in [0.1, 0.15) is 40.2 Å². The summed E-state index contributed by atoms with van der Waals surface area (Å²) in [5.74, 6) is 0.0464. The fourth-order valence-electron chi connectivity index (χ4n) is 3.48. The molecule has 0 fully saturated rings. The van der Waals surface area contributed by atoms with Gasteiger partial charge in [-0.2, -0.15) is 0 Å². The summed E-state index contributed by atoms with van der Waals surface area (Å²) in [6.45, 7) is 2.83. The quantitative estimate of drug-likeness (QED) is 0.458. The molecule has 0 saturated carbocycles. The highest BCUT2D eigenvalue weighted by Crippen LogP contribution is 2.28. The molecular formula is C25H23NO3. The number of carbonyl (C=O) groups is 1. The third-order valence-electron chi connectivity index (χ3n) is 4.90. The van der Waals surface area contributed by atoms with Crippen LogP contribution >= 0.6 is 0 Å². The van der Waals surface area contributed by atoms with E-state index in [9.17, 15) is 4.79 Å². The fraction of sp³-hybridized carbons (Fsp3) is 0.160. The average Bonchev–Trinajstić information content (AvgIpc) is 3.16. The van der Waals surface area contributed by atoms with Gasteiger partial charge in [0.15, 0.2) is 5.76 Å². The lowest BCUT2D eigenvalue weighted by atomic mass is 9.98. The van der Waals surface area contributed by atoms with Crippen LogP contribution in [0.2, 0.25) is 0 Å². The van der Waals surface area contributed by atoms with E-state index in [0.717, 1.165) is 22.1 Å². The third kappa shape index (κ3) is 4.08. The molecule has 0 spiro atoms. The highest BCUT2D eigenvalue weighted by atomic mass is 16.5. The lowest BCUT2D eigenvalue weighted by Crippen LogP contribution is -2.29. The molecule has 0 aliphatic rings. The molecular weight excluding hydrogens is 362 g/mol. The zero-order chi connectivity index (χ0) is 20.1. The van der Waals surface area contributed by atoms with Gasteiger partial charge in [-0.3, -0.25) is 4.79 Å². The molecule has 0 aliphatic heterocycles. The molecule has 4 heteroatoms. The summed E-state index contributed by atoms with van der Waals surface area (Å²) in [6.07, 6.45) is 0. The highest BCUT2D eigenvalue weighted by molar-refractivity contribution is 5.99. The number of carbonyl (C=O) groups excluding carboxylic acids is 1. The first kappa shape index (κ1) is 19.0. The van der Waals surface area contributed by atoms with Gasteiger partial charge in [0.1, 0.15) is 5.58 Å². The molecule has 4 aromatic rings. The van der Waals surface area contributed by atoms with E-state index in [1.807, 2.05) is 91.9 Å². The van der Waals surface area contributed by atoms with Gasteiger partial charge < -0.3 is 14.5 Å². The van der Waals surface area contributed by atoms with E-state index >= 15 is 0 Å². The summed E-state index contributed by atoms with van der Waals surface area (Å²) in [6, 6.07) is 27.2. The Kier molecular flexibility index (Phi) is 5.73. The Bertz CT molecular complexity index is 1050. The molecule has 4 nitrogen and oxygen atoms in total. The second kappa shape index (κ2) is 8.76. The summed E-state index contributed by atoms with van der Waals surface area (Å²) in [7, 11) is 0. The van der Waals surface area contributed by atoms with Gasteiger partial charge in [-0.25, -0.2) is 0 Å². The minimum absolute atomic E-state index is 0.256. The number of fused-ring (bicyclic) bond motifs is 1.